The van der Waals surface area contributed by atoms with Crippen LogP contribution in [0.25, 0.3) is 22.3 Å². The summed E-state index contributed by atoms with van der Waals surface area (Å²) in [7, 11) is 2.93. The number of carbonyl (C=O) groups is 2. The fourth-order valence-electron chi connectivity index (χ4n) is 6.87. The number of halogens is 2. The van der Waals surface area contributed by atoms with E-state index in [2.05, 4.69) is 30.6 Å². The van der Waals surface area contributed by atoms with E-state index in [1.807, 2.05) is 0 Å². The molecule has 58 heavy (non-hydrogen) atoms. The first kappa shape index (κ1) is 39.1. The highest BCUT2D eigenvalue weighted by Gasteiger charge is 2.39. The lowest BCUT2D eigenvalue weighted by atomic mass is 10.0. The monoisotopic (exact) mass is 788 g/mol. The van der Waals surface area contributed by atoms with E-state index >= 15 is 0 Å². The molecule has 14 nitrogen and oxygen atoms in total. The minimum absolute atomic E-state index is 0.202. The summed E-state index contributed by atoms with van der Waals surface area (Å²) >= 11 is 0. The Morgan fingerprint density at radius 2 is 1.00 bits per heavy atom. The van der Waals surface area contributed by atoms with E-state index in [0.29, 0.717) is 94.2 Å². The predicted octanol–water partition coefficient (Wildman–Crippen LogP) is 7.55. The Morgan fingerprint density at radius 3 is 1.33 bits per heavy atom. The van der Waals surface area contributed by atoms with Crippen LogP contribution in [0.2, 0.25) is 0 Å². The maximum absolute atomic E-state index is 14.0. The average molecular weight is 789 g/mol. The number of carbonyl (C=O) groups excluding carboxylic acids is 2. The standard InChI is InChI=1S/2C21H19FN4O3/c2*1-13-23-20(29-24-13)19-11-16(25-28-2)12-26(19)21(27)15-9-7-14(8-10-15)17-5-3-4-6-18(17)22/h2*3-10,19H,11-12H2,1-2H3/b25-16+;25-16-/t2*19-/m00/s1. The normalized spacial score (nSPS) is 17.7. The number of hydrogen-bond acceptors (Lipinski definition) is 12. The second-order valence-electron chi connectivity index (χ2n) is 13.5. The number of hydrogen-bond donors (Lipinski definition) is 0. The number of aromatic nitrogens is 4. The lowest BCUT2D eigenvalue weighted by Gasteiger charge is -2.21. The summed E-state index contributed by atoms with van der Waals surface area (Å²) in [4.78, 5) is 47.9. The number of nitrogens with zero attached hydrogens (tertiary/aromatic N) is 8. The highest BCUT2D eigenvalue weighted by Crippen LogP contribution is 2.34. The van der Waals surface area contributed by atoms with E-state index in [-0.39, 0.29) is 23.4 Å². The van der Waals surface area contributed by atoms with Gasteiger partial charge in [0.2, 0.25) is 11.8 Å². The topological polar surface area (TPSA) is 162 Å². The van der Waals surface area contributed by atoms with Crippen LogP contribution in [-0.4, -0.2) is 80.6 Å². The Morgan fingerprint density at radius 1 is 0.621 bits per heavy atom. The van der Waals surface area contributed by atoms with Crippen molar-refractivity contribution < 1.29 is 37.1 Å². The molecule has 2 aliphatic rings. The van der Waals surface area contributed by atoms with Gasteiger partial charge in [0.15, 0.2) is 11.6 Å². The van der Waals surface area contributed by atoms with Gasteiger partial charge in [0.05, 0.1) is 24.5 Å². The summed E-state index contributed by atoms with van der Waals surface area (Å²) in [6, 6.07) is 25.9. The van der Waals surface area contributed by atoms with Crippen LogP contribution in [0.4, 0.5) is 8.78 Å². The predicted molar refractivity (Wildman–Crippen MR) is 207 cm³/mol. The van der Waals surface area contributed by atoms with Crippen molar-refractivity contribution in [3.8, 4) is 22.3 Å². The van der Waals surface area contributed by atoms with E-state index in [1.165, 1.54) is 26.4 Å². The van der Waals surface area contributed by atoms with E-state index in [4.69, 9.17) is 18.7 Å². The van der Waals surface area contributed by atoms with E-state index in [9.17, 15) is 18.4 Å². The zero-order chi connectivity index (χ0) is 40.8. The molecule has 8 rings (SSSR count). The smallest absolute Gasteiger partial charge is 0.254 e. The van der Waals surface area contributed by atoms with Crippen LogP contribution >= 0.6 is 0 Å². The Bertz CT molecular complexity index is 2290. The van der Waals surface area contributed by atoms with Gasteiger partial charge < -0.3 is 28.5 Å². The van der Waals surface area contributed by atoms with Crippen LogP contribution in [0.15, 0.2) is 116 Å². The van der Waals surface area contributed by atoms with Gasteiger partial charge in [-0.2, -0.15) is 9.97 Å². The van der Waals surface area contributed by atoms with Gasteiger partial charge in [-0.05, 0) is 61.4 Å². The lowest BCUT2D eigenvalue weighted by molar-refractivity contribution is 0.0706. The minimum atomic E-state index is -0.413. The zero-order valence-electron chi connectivity index (χ0n) is 32.0. The van der Waals surface area contributed by atoms with Crippen molar-refractivity contribution >= 4 is 23.2 Å². The average Bonchev–Trinajstić information content (AvgIpc) is 4.06. The van der Waals surface area contributed by atoms with Gasteiger partial charge in [-0.3, -0.25) is 9.59 Å². The summed E-state index contributed by atoms with van der Waals surface area (Å²) in [6.45, 7) is 4.04. The molecule has 0 saturated carbocycles. The lowest BCUT2D eigenvalue weighted by Crippen LogP contribution is -2.31. The van der Waals surface area contributed by atoms with Crippen molar-refractivity contribution in [1.29, 1.82) is 0 Å². The number of aryl methyl sites for hydroxylation is 2. The molecule has 2 aromatic heterocycles. The van der Waals surface area contributed by atoms with E-state index in [1.54, 1.807) is 109 Å². The first-order valence-electron chi connectivity index (χ1n) is 18.2. The van der Waals surface area contributed by atoms with Crippen molar-refractivity contribution in [2.75, 3.05) is 27.3 Å². The number of benzene rings is 4. The number of oxime groups is 2. The Hall–Kier alpha value is -7.10. The van der Waals surface area contributed by atoms with Crippen LogP contribution in [0.3, 0.4) is 0 Å². The third-order valence-electron chi connectivity index (χ3n) is 9.57. The number of amides is 2. The highest BCUT2D eigenvalue weighted by atomic mass is 19.1. The first-order chi connectivity index (χ1) is 28.1. The molecular weight excluding hydrogens is 751 g/mol. The molecule has 0 radical (unpaired) electrons. The van der Waals surface area contributed by atoms with Crippen LogP contribution in [0.5, 0.6) is 0 Å². The second kappa shape index (κ2) is 17.4. The van der Waals surface area contributed by atoms with Gasteiger partial charge >= 0.3 is 0 Å². The fourth-order valence-corrected chi connectivity index (χ4v) is 6.87. The maximum atomic E-state index is 14.0. The summed E-state index contributed by atoms with van der Waals surface area (Å²) in [6.07, 6.45) is 0.906. The third-order valence-corrected chi connectivity index (χ3v) is 9.57. The molecule has 0 unspecified atom stereocenters. The molecule has 0 aliphatic carbocycles. The molecule has 0 N–H and O–H groups in total. The van der Waals surface area contributed by atoms with Crippen molar-refractivity contribution in [1.82, 2.24) is 30.1 Å². The van der Waals surface area contributed by atoms with Gasteiger partial charge in [-0.1, -0.05) is 81.3 Å². The maximum Gasteiger partial charge on any atom is 0.254 e. The first-order valence-corrected chi connectivity index (χ1v) is 18.2. The van der Waals surface area contributed by atoms with Crippen molar-refractivity contribution in [2.24, 2.45) is 10.3 Å². The molecule has 2 amide bonds. The van der Waals surface area contributed by atoms with E-state index in [0.717, 1.165) is 0 Å². The molecule has 4 aromatic carbocycles. The van der Waals surface area contributed by atoms with Gasteiger partial charge in [0, 0.05) is 35.1 Å². The SMILES string of the molecule is CO/N=C1/C[C@@H](c2nc(C)no2)N(C(=O)c2ccc(-c3ccccc3F)cc2)C1.CO/N=C1\C[C@@H](c2nc(C)no2)N(C(=O)c2ccc(-c3ccccc3F)cc2)C1. The van der Waals surface area contributed by atoms with Crippen LogP contribution in [0, 0.1) is 25.5 Å². The summed E-state index contributed by atoms with van der Waals surface area (Å²) in [5.74, 6) is 0.703. The minimum Gasteiger partial charge on any atom is -0.399 e. The molecular formula is C42H38F2N8O6. The van der Waals surface area contributed by atoms with Crippen LogP contribution < -0.4 is 0 Å². The van der Waals surface area contributed by atoms with Gasteiger partial charge in [0.1, 0.15) is 37.9 Å². The molecule has 0 spiro atoms. The quantitative estimate of drug-likeness (QED) is 0.141. The van der Waals surface area contributed by atoms with Crippen molar-refractivity contribution in [3.05, 3.63) is 143 Å². The fraction of sp³-hybridized carbons (Fsp3) is 0.238. The van der Waals surface area contributed by atoms with E-state index < -0.39 is 12.1 Å². The molecule has 2 aliphatic heterocycles. The van der Waals surface area contributed by atoms with Crippen molar-refractivity contribution in [2.45, 2.75) is 38.8 Å². The Labute approximate surface area is 331 Å². The molecule has 6 aromatic rings. The van der Waals surface area contributed by atoms with Crippen LogP contribution in [-0.2, 0) is 9.68 Å². The molecule has 2 atom stereocenters. The Kier molecular flexibility index (Phi) is 11.7. The third kappa shape index (κ3) is 8.50. The number of likely N-dealkylation sites (tertiary alicyclic amines) is 2. The van der Waals surface area contributed by atoms with Crippen molar-refractivity contribution in [3.63, 3.8) is 0 Å². The van der Waals surface area contributed by atoms with Gasteiger partial charge in [-0.15, -0.1) is 0 Å². The molecule has 296 valence electrons. The summed E-state index contributed by atoms with van der Waals surface area (Å²) in [5.41, 5.74) is 4.76. The molecule has 16 heteroatoms. The second-order valence-corrected chi connectivity index (χ2v) is 13.5. The van der Waals surface area contributed by atoms with Gasteiger partial charge in [-0.25, -0.2) is 8.78 Å². The molecule has 0 bridgehead atoms. The summed E-state index contributed by atoms with van der Waals surface area (Å²) in [5, 5.41) is 15.6. The molecule has 2 fully saturated rings. The largest absolute Gasteiger partial charge is 0.399 e. The summed E-state index contributed by atoms with van der Waals surface area (Å²) < 4.78 is 38.6. The number of rotatable bonds is 8. The Balaban J connectivity index is 0.000000177. The molecule has 4 heterocycles. The molecule has 2 saturated heterocycles. The highest BCUT2D eigenvalue weighted by molar-refractivity contribution is 6.01. The van der Waals surface area contributed by atoms with Crippen LogP contribution in [0.1, 0.15) is 69.1 Å². The zero-order valence-corrected chi connectivity index (χ0v) is 32.0. The van der Waals surface area contributed by atoms with Gasteiger partial charge in [0.25, 0.3) is 11.8 Å².